The topological polar surface area (TPSA) is 367 Å². The highest BCUT2D eigenvalue weighted by atomic mass is 16.4. The Balaban J connectivity index is 2.23. The summed E-state index contributed by atoms with van der Waals surface area (Å²) < 4.78 is 0. The zero-order valence-electron chi connectivity index (χ0n) is 29.3. The summed E-state index contributed by atoms with van der Waals surface area (Å²) in [6.07, 6.45) is 1.79. The van der Waals surface area contributed by atoms with E-state index in [2.05, 4.69) is 36.2 Å². The second-order valence-electron chi connectivity index (χ2n) is 12.7. The molecule has 4 atom stereocenters. The van der Waals surface area contributed by atoms with E-state index in [9.17, 15) is 28.8 Å². The van der Waals surface area contributed by atoms with Gasteiger partial charge in [-0.05, 0) is 57.6 Å². The number of H-pyrrole nitrogens is 1. The third kappa shape index (κ3) is 14.1. The smallest absolute Gasteiger partial charge is 0.303 e. The van der Waals surface area contributed by atoms with Crippen molar-refractivity contribution in [1.29, 1.82) is 0 Å². The van der Waals surface area contributed by atoms with Gasteiger partial charge in [-0.15, -0.1) is 0 Å². The molecule has 0 bridgehead atoms. The van der Waals surface area contributed by atoms with Crippen LogP contribution in [0, 0.1) is 0 Å². The minimum absolute atomic E-state index is 0.0263. The maximum Gasteiger partial charge on any atom is 0.303 e. The first kappa shape index (κ1) is 42.2. The van der Waals surface area contributed by atoms with Gasteiger partial charge in [-0.2, -0.15) is 0 Å². The molecule has 0 saturated carbocycles. The second-order valence-corrected chi connectivity index (χ2v) is 12.7. The van der Waals surface area contributed by atoms with E-state index in [1.807, 2.05) is 24.3 Å². The highest BCUT2D eigenvalue weighted by molar-refractivity contribution is 5.97. The highest BCUT2D eigenvalue weighted by Crippen LogP contribution is 2.19. The van der Waals surface area contributed by atoms with E-state index in [4.69, 9.17) is 39.5 Å². The number of carboxylic acid groups (broad SMARTS) is 1. The SMILES string of the molecule is CC(C)(NC(=O)[C@H](CCCN=C(N)N)NC(=O)[C@@H](N)CCC(=O)O)C(=O)N[C@@H](CCCN=C(N)N)C(=O)N[C@@H](Cc1c[nH]c2ccccc12)C(N)=O. The van der Waals surface area contributed by atoms with E-state index in [-0.39, 0.29) is 70.0 Å². The molecule has 20 nitrogen and oxygen atoms in total. The molecule has 0 saturated heterocycles. The number of carbonyl (C=O) groups excluding carboxylic acids is 5. The lowest BCUT2D eigenvalue weighted by atomic mass is 10.00. The molecular weight excluding hydrogens is 678 g/mol. The third-order valence-corrected chi connectivity index (χ3v) is 7.91. The molecule has 0 spiro atoms. The van der Waals surface area contributed by atoms with Gasteiger partial charge in [0.05, 0.1) is 6.04 Å². The van der Waals surface area contributed by atoms with E-state index in [1.54, 1.807) is 6.20 Å². The maximum absolute atomic E-state index is 13.6. The minimum atomic E-state index is -1.66. The van der Waals surface area contributed by atoms with Crippen LogP contribution in [0.2, 0.25) is 0 Å². The minimum Gasteiger partial charge on any atom is -0.481 e. The normalized spacial score (nSPS) is 13.4. The van der Waals surface area contributed by atoms with Crippen LogP contribution in [0.25, 0.3) is 10.9 Å². The number of nitrogens with one attached hydrogen (secondary N) is 5. The molecule has 5 amide bonds. The van der Waals surface area contributed by atoms with Crippen LogP contribution in [0.4, 0.5) is 0 Å². The van der Waals surface area contributed by atoms with Crippen LogP contribution in [0.3, 0.4) is 0 Å². The van der Waals surface area contributed by atoms with Crippen molar-refractivity contribution in [3.8, 4) is 0 Å². The van der Waals surface area contributed by atoms with Crippen LogP contribution in [-0.2, 0) is 35.2 Å². The van der Waals surface area contributed by atoms with Crippen molar-refractivity contribution in [3.63, 3.8) is 0 Å². The summed E-state index contributed by atoms with van der Waals surface area (Å²) in [6.45, 7) is 3.02. The molecule has 1 aromatic carbocycles. The fourth-order valence-corrected chi connectivity index (χ4v) is 5.04. The van der Waals surface area contributed by atoms with Gasteiger partial charge in [0.1, 0.15) is 23.7 Å². The molecule has 0 unspecified atom stereocenters. The number of aliphatic imine (C=N–C) groups is 2. The Morgan fingerprint density at radius 2 is 1.35 bits per heavy atom. The van der Waals surface area contributed by atoms with Crippen molar-refractivity contribution in [3.05, 3.63) is 36.0 Å². The summed E-state index contributed by atoms with van der Waals surface area (Å²) in [5.41, 5.74) is 33.0. The van der Waals surface area contributed by atoms with Gasteiger partial charge in [0.25, 0.3) is 0 Å². The monoisotopic (exact) mass is 729 g/mol. The van der Waals surface area contributed by atoms with Crippen molar-refractivity contribution in [2.24, 2.45) is 44.4 Å². The molecule has 2 rings (SSSR count). The van der Waals surface area contributed by atoms with Gasteiger partial charge >= 0.3 is 5.97 Å². The van der Waals surface area contributed by atoms with Crippen LogP contribution in [0.15, 0.2) is 40.4 Å². The molecule has 0 aliphatic heterocycles. The number of carboxylic acids is 1. The fraction of sp³-hybridized carbons (Fsp3) is 0.500. The molecule has 18 N–H and O–H groups in total. The van der Waals surface area contributed by atoms with Crippen molar-refractivity contribution in [1.82, 2.24) is 26.3 Å². The Hall–Kier alpha value is -5.92. The Morgan fingerprint density at radius 3 is 1.90 bits per heavy atom. The quantitative estimate of drug-likeness (QED) is 0.0325. The van der Waals surface area contributed by atoms with Crippen LogP contribution in [-0.4, -0.2) is 100 Å². The molecule has 0 aliphatic carbocycles. The lowest BCUT2D eigenvalue weighted by Crippen LogP contribution is -2.62. The molecule has 286 valence electrons. The lowest BCUT2D eigenvalue weighted by molar-refractivity contribution is -0.138. The summed E-state index contributed by atoms with van der Waals surface area (Å²) in [7, 11) is 0. The number of hydrogen-bond donors (Lipinski definition) is 12. The number of nitrogens with two attached hydrogens (primary N) is 6. The number of rotatable bonds is 22. The molecular formula is C32H51N13O7. The summed E-state index contributed by atoms with van der Waals surface area (Å²) in [5.74, 6) is -5.33. The summed E-state index contributed by atoms with van der Waals surface area (Å²) >= 11 is 0. The second kappa shape index (κ2) is 20.1. The van der Waals surface area contributed by atoms with Gasteiger partial charge < -0.3 is 65.8 Å². The van der Waals surface area contributed by atoms with Crippen LogP contribution < -0.4 is 55.7 Å². The molecule has 0 fully saturated rings. The third-order valence-electron chi connectivity index (χ3n) is 7.91. The van der Waals surface area contributed by atoms with E-state index in [0.717, 1.165) is 16.5 Å². The Bertz CT molecular complexity index is 1630. The average molecular weight is 730 g/mol. The fourth-order valence-electron chi connectivity index (χ4n) is 5.04. The Labute approximate surface area is 300 Å². The zero-order valence-corrected chi connectivity index (χ0v) is 29.3. The van der Waals surface area contributed by atoms with E-state index < -0.39 is 65.2 Å². The lowest BCUT2D eigenvalue weighted by Gasteiger charge is -2.30. The summed E-state index contributed by atoms with van der Waals surface area (Å²) in [4.78, 5) is 87.7. The number of nitrogens with zero attached hydrogens (tertiary/aromatic N) is 2. The number of primary amides is 1. The summed E-state index contributed by atoms with van der Waals surface area (Å²) in [6, 6.07) is 2.61. The number of guanidine groups is 2. The van der Waals surface area contributed by atoms with E-state index in [0.29, 0.717) is 0 Å². The van der Waals surface area contributed by atoms with Gasteiger partial charge in [0.15, 0.2) is 11.9 Å². The standard InChI is InChI=1S/C32H51N13O7/c1-32(2,45-28(51)22(10-6-14-40-31(37)38)42-26(49)19(33)11-12-24(46)47)29(52)44-21(9-5-13-39-30(35)36)27(50)43-23(25(34)48)15-17-16-41-20-8-4-3-7-18(17)20/h3-4,7-8,16,19,21-23,41H,5-6,9-15,33H2,1-2H3,(H2,34,48)(H,42,49)(H,43,50)(H,44,52)(H,45,51)(H,46,47)(H4,35,36,39)(H4,37,38,40)/t19-,21-,22-,23-/m0/s1. The molecule has 0 radical (unpaired) electrons. The number of carbonyl (C=O) groups is 6. The number of para-hydroxylation sites is 1. The largest absolute Gasteiger partial charge is 0.481 e. The van der Waals surface area contributed by atoms with Gasteiger partial charge in [-0.25, -0.2) is 0 Å². The van der Waals surface area contributed by atoms with Crippen molar-refractivity contribution in [2.75, 3.05) is 13.1 Å². The zero-order chi connectivity index (χ0) is 39.0. The first-order chi connectivity index (χ1) is 24.4. The van der Waals surface area contributed by atoms with Crippen LogP contribution >= 0.6 is 0 Å². The van der Waals surface area contributed by atoms with Gasteiger partial charge in [0.2, 0.25) is 29.5 Å². The summed E-state index contributed by atoms with van der Waals surface area (Å²) in [5, 5.41) is 20.1. The van der Waals surface area contributed by atoms with Crippen molar-refractivity contribution >= 4 is 58.3 Å². The van der Waals surface area contributed by atoms with Crippen LogP contribution in [0.1, 0.15) is 57.9 Å². The Morgan fingerprint density at radius 1 is 0.788 bits per heavy atom. The molecule has 20 heteroatoms. The average Bonchev–Trinajstić information content (AvgIpc) is 3.47. The first-order valence-electron chi connectivity index (χ1n) is 16.6. The number of aromatic nitrogens is 1. The number of amides is 5. The number of aromatic amines is 1. The van der Waals surface area contributed by atoms with E-state index >= 15 is 0 Å². The van der Waals surface area contributed by atoms with Crippen molar-refractivity contribution < 1.29 is 33.9 Å². The number of hydrogen-bond acceptors (Lipinski definition) is 9. The predicted molar refractivity (Wildman–Crippen MR) is 194 cm³/mol. The predicted octanol–water partition coefficient (Wildman–Crippen LogP) is -3.16. The highest BCUT2D eigenvalue weighted by Gasteiger charge is 2.36. The molecule has 1 aromatic heterocycles. The van der Waals surface area contributed by atoms with Gasteiger partial charge in [0, 0.05) is 43.0 Å². The molecule has 52 heavy (non-hydrogen) atoms. The Kier molecular flexibility index (Phi) is 16.3. The van der Waals surface area contributed by atoms with Gasteiger partial charge in [-0.1, -0.05) is 18.2 Å². The van der Waals surface area contributed by atoms with Crippen LogP contribution in [0.5, 0.6) is 0 Å². The van der Waals surface area contributed by atoms with Crippen molar-refractivity contribution in [2.45, 2.75) is 88.5 Å². The first-order valence-corrected chi connectivity index (χ1v) is 16.6. The molecule has 2 aromatic rings. The van der Waals surface area contributed by atoms with E-state index in [1.165, 1.54) is 13.8 Å². The number of benzene rings is 1. The number of aliphatic carboxylic acids is 1. The molecule has 0 aliphatic rings. The molecule has 1 heterocycles. The number of fused-ring (bicyclic) bond motifs is 1. The van der Waals surface area contributed by atoms with Gasteiger partial charge in [-0.3, -0.25) is 38.8 Å². The maximum atomic E-state index is 13.6.